The van der Waals surface area contributed by atoms with Gasteiger partial charge < -0.3 is 9.88 Å². The Bertz CT molecular complexity index is 749. The Hall–Kier alpha value is -1.10. The van der Waals surface area contributed by atoms with Gasteiger partial charge in [0.25, 0.3) is 0 Å². The summed E-state index contributed by atoms with van der Waals surface area (Å²) >= 11 is 1.73. The number of nitrogens with zero attached hydrogens (tertiary/aromatic N) is 2. The van der Waals surface area contributed by atoms with Crippen molar-refractivity contribution in [1.29, 1.82) is 0 Å². The fourth-order valence-electron chi connectivity index (χ4n) is 6.93. The van der Waals surface area contributed by atoms with Gasteiger partial charge in [-0.3, -0.25) is 9.79 Å². The van der Waals surface area contributed by atoms with Crippen LogP contribution in [0.25, 0.3) is 0 Å². The summed E-state index contributed by atoms with van der Waals surface area (Å²) in [5, 5.41) is 5.45. The van der Waals surface area contributed by atoms with Crippen LogP contribution in [0.15, 0.2) is 10.4 Å². The summed E-state index contributed by atoms with van der Waals surface area (Å²) in [7, 11) is 2.10. The minimum atomic E-state index is 0.182. The highest BCUT2D eigenvalue weighted by molar-refractivity contribution is 7.07. The number of hydrogen-bond donors (Lipinski definition) is 1. The molecule has 4 nitrogen and oxygen atoms in total. The van der Waals surface area contributed by atoms with E-state index < -0.39 is 0 Å². The molecule has 1 N–H and O–H groups in total. The Balaban J connectivity index is 1.28. The molecule has 4 bridgehead atoms. The van der Waals surface area contributed by atoms with Gasteiger partial charge in [0.05, 0.1) is 12.0 Å². The van der Waals surface area contributed by atoms with Crippen LogP contribution < -0.4 is 10.1 Å². The van der Waals surface area contributed by atoms with Crippen LogP contribution in [0.1, 0.15) is 82.7 Å². The number of nitrogens with one attached hydrogen (secondary N) is 1. The Morgan fingerprint density at radius 2 is 1.71 bits per heavy atom. The summed E-state index contributed by atoms with van der Waals surface area (Å²) in [6.45, 7) is 0. The number of rotatable bonds is 4. The van der Waals surface area contributed by atoms with Crippen molar-refractivity contribution in [3.8, 4) is 0 Å². The number of amides is 1. The van der Waals surface area contributed by atoms with Crippen molar-refractivity contribution in [3.63, 3.8) is 0 Å². The van der Waals surface area contributed by atoms with Crippen molar-refractivity contribution in [2.75, 3.05) is 0 Å². The molecule has 154 valence electrons. The van der Waals surface area contributed by atoms with E-state index in [4.69, 9.17) is 4.99 Å². The van der Waals surface area contributed by atoms with Crippen LogP contribution in [0.4, 0.5) is 0 Å². The average molecular weight is 402 g/mol. The summed E-state index contributed by atoms with van der Waals surface area (Å²) < 4.78 is 2.19. The lowest BCUT2D eigenvalue weighted by Gasteiger charge is -2.54. The zero-order valence-electron chi connectivity index (χ0n) is 17.3. The first kappa shape index (κ1) is 18.9. The summed E-state index contributed by atoms with van der Waals surface area (Å²) in [4.78, 5) is 19.1. The predicted octanol–water partition coefficient (Wildman–Crippen LogP) is 4.34. The van der Waals surface area contributed by atoms with E-state index in [1.807, 2.05) is 0 Å². The summed E-state index contributed by atoms with van der Waals surface area (Å²) in [5.74, 6) is 2.95. The molecule has 0 saturated heterocycles. The highest BCUT2D eigenvalue weighted by Gasteiger charge is 2.51. The molecule has 0 radical (unpaired) electrons. The topological polar surface area (TPSA) is 46.4 Å². The SMILES string of the molecule is Cn1c(CC(=O)NC2CCCCCC2)csc1=NC12CC3CC(CC(C3)C1)C2. The lowest BCUT2D eigenvalue weighted by molar-refractivity contribution is -0.121. The number of thiazole rings is 1. The largest absolute Gasteiger partial charge is 0.353 e. The Labute approximate surface area is 172 Å². The highest BCUT2D eigenvalue weighted by Crippen LogP contribution is 2.57. The predicted molar refractivity (Wildman–Crippen MR) is 113 cm³/mol. The number of carbonyl (C=O) groups excluding carboxylic acids is 1. The molecular weight excluding hydrogens is 366 g/mol. The summed E-state index contributed by atoms with van der Waals surface area (Å²) in [5.41, 5.74) is 1.32. The molecule has 1 aromatic heterocycles. The van der Waals surface area contributed by atoms with Crippen LogP contribution in [0.3, 0.4) is 0 Å². The first-order valence-electron chi connectivity index (χ1n) is 11.6. The molecule has 0 aromatic carbocycles. The Morgan fingerprint density at radius 3 is 2.32 bits per heavy atom. The molecule has 6 rings (SSSR count). The van der Waals surface area contributed by atoms with Gasteiger partial charge in [-0.1, -0.05) is 25.7 Å². The Kier molecular flexibility index (Phi) is 5.14. The second-order valence-corrected chi connectivity index (χ2v) is 11.1. The van der Waals surface area contributed by atoms with Crippen LogP contribution in [-0.2, 0) is 18.3 Å². The maximum Gasteiger partial charge on any atom is 0.226 e. The average Bonchev–Trinajstić information content (AvgIpc) is 2.83. The minimum absolute atomic E-state index is 0.182. The molecule has 5 aliphatic rings. The van der Waals surface area contributed by atoms with E-state index in [0.29, 0.717) is 12.5 Å². The van der Waals surface area contributed by atoms with Gasteiger partial charge in [0.15, 0.2) is 4.80 Å². The van der Waals surface area contributed by atoms with E-state index in [1.165, 1.54) is 64.2 Å². The number of hydrogen-bond acceptors (Lipinski definition) is 3. The molecule has 0 unspecified atom stereocenters. The van der Waals surface area contributed by atoms with Crippen molar-refractivity contribution in [3.05, 3.63) is 15.9 Å². The monoisotopic (exact) mass is 401 g/mol. The number of carbonyl (C=O) groups is 1. The smallest absolute Gasteiger partial charge is 0.226 e. The first-order chi connectivity index (χ1) is 13.6. The molecule has 1 aromatic rings. The summed E-state index contributed by atoms with van der Waals surface area (Å²) in [6, 6.07) is 0.384. The van der Waals surface area contributed by atoms with Gasteiger partial charge in [-0.05, 0) is 69.1 Å². The van der Waals surface area contributed by atoms with E-state index in [9.17, 15) is 4.79 Å². The van der Waals surface area contributed by atoms with Gasteiger partial charge in [0.1, 0.15) is 0 Å². The van der Waals surface area contributed by atoms with Crippen molar-refractivity contribution >= 4 is 17.2 Å². The fraction of sp³-hybridized carbons (Fsp3) is 0.826. The number of aromatic nitrogens is 1. The van der Waals surface area contributed by atoms with E-state index >= 15 is 0 Å². The zero-order chi connectivity index (χ0) is 19.1. The molecule has 0 atom stereocenters. The molecule has 28 heavy (non-hydrogen) atoms. The maximum absolute atomic E-state index is 12.6. The fourth-order valence-corrected chi connectivity index (χ4v) is 7.94. The van der Waals surface area contributed by atoms with Crippen LogP contribution in [0.5, 0.6) is 0 Å². The molecule has 0 spiro atoms. The molecule has 0 aliphatic heterocycles. The van der Waals surface area contributed by atoms with E-state index in [1.54, 1.807) is 11.3 Å². The van der Waals surface area contributed by atoms with E-state index in [0.717, 1.165) is 41.1 Å². The van der Waals surface area contributed by atoms with Crippen molar-refractivity contribution < 1.29 is 4.79 Å². The van der Waals surface area contributed by atoms with Gasteiger partial charge in [-0.15, -0.1) is 11.3 Å². The van der Waals surface area contributed by atoms with Crippen molar-refractivity contribution in [2.45, 2.75) is 95.1 Å². The van der Waals surface area contributed by atoms with Crippen molar-refractivity contribution in [1.82, 2.24) is 9.88 Å². The van der Waals surface area contributed by atoms with E-state index in [-0.39, 0.29) is 11.4 Å². The van der Waals surface area contributed by atoms with Crippen molar-refractivity contribution in [2.24, 2.45) is 29.8 Å². The lowest BCUT2D eigenvalue weighted by Crippen LogP contribution is -2.50. The third-order valence-electron chi connectivity index (χ3n) is 7.92. The minimum Gasteiger partial charge on any atom is -0.353 e. The standard InChI is InChI=1S/C23H35N3OS/c1-26-20(11-21(27)24-19-6-4-2-3-5-7-19)15-28-22(26)25-23-12-16-8-17(13-23)10-18(9-16)14-23/h15-19H,2-14H2,1H3,(H,24,27). The molecule has 5 aliphatic carbocycles. The van der Waals surface area contributed by atoms with Gasteiger partial charge >= 0.3 is 0 Å². The van der Waals surface area contributed by atoms with E-state index in [2.05, 4.69) is 22.3 Å². The summed E-state index contributed by atoms with van der Waals surface area (Å²) in [6.07, 6.45) is 16.2. The molecule has 1 heterocycles. The third kappa shape index (κ3) is 3.83. The normalized spacial score (nSPS) is 35.9. The Morgan fingerprint density at radius 1 is 1.11 bits per heavy atom. The lowest BCUT2D eigenvalue weighted by atomic mass is 9.53. The van der Waals surface area contributed by atoms with Crippen LogP contribution in [0.2, 0.25) is 0 Å². The van der Waals surface area contributed by atoms with Gasteiger partial charge in [-0.25, -0.2) is 0 Å². The second-order valence-electron chi connectivity index (χ2n) is 10.3. The van der Waals surface area contributed by atoms with Crippen LogP contribution in [0, 0.1) is 17.8 Å². The van der Waals surface area contributed by atoms with Gasteiger partial charge in [-0.2, -0.15) is 0 Å². The maximum atomic E-state index is 12.6. The first-order valence-corrected chi connectivity index (χ1v) is 12.5. The molecule has 1 amide bonds. The van der Waals surface area contributed by atoms with Gasteiger partial charge in [0, 0.05) is 24.2 Å². The van der Waals surface area contributed by atoms with Crippen LogP contribution >= 0.6 is 11.3 Å². The van der Waals surface area contributed by atoms with Gasteiger partial charge in [0.2, 0.25) is 5.91 Å². The molecule has 5 fully saturated rings. The third-order valence-corrected chi connectivity index (χ3v) is 8.88. The highest BCUT2D eigenvalue weighted by atomic mass is 32.1. The second kappa shape index (κ2) is 7.62. The molecule has 5 heteroatoms. The van der Waals surface area contributed by atoms with Crippen LogP contribution in [-0.4, -0.2) is 22.1 Å². The zero-order valence-corrected chi connectivity index (χ0v) is 18.1. The molecule has 5 saturated carbocycles. The quantitative estimate of drug-likeness (QED) is 0.750. The molecular formula is C23H35N3OS.